The van der Waals surface area contributed by atoms with E-state index in [1.54, 1.807) is 0 Å². The van der Waals surface area contributed by atoms with Crippen LogP contribution in [0.1, 0.15) is 25.8 Å². The lowest BCUT2D eigenvalue weighted by atomic mass is 10.0. The van der Waals surface area contributed by atoms with Crippen LogP contribution in [0, 0.1) is 6.92 Å². The van der Waals surface area contributed by atoms with E-state index < -0.39 is 0 Å². The molecule has 2 N–H and O–H groups in total. The lowest BCUT2D eigenvalue weighted by molar-refractivity contribution is -0.120. The number of thioether (sulfide) groups is 1. The first-order valence-electron chi connectivity index (χ1n) is 6.15. The summed E-state index contributed by atoms with van der Waals surface area (Å²) < 4.78 is 1.04. The number of carbonyl (C=O) groups is 1. The van der Waals surface area contributed by atoms with Crippen molar-refractivity contribution in [3.05, 3.63) is 28.2 Å². The fourth-order valence-corrected chi connectivity index (χ4v) is 2.96. The van der Waals surface area contributed by atoms with Gasteiger partial charge in [0.2, 0.25) is 5.91 Å². The van der Waals surface area contributed by atoms with Crippen LogP contribution >= 0.6 is 27.7 Å². The van der Waals surface area contributed by atoms with E-state index in [9.17, 15) is 4.79 Å². The van der Waals surface area contributed by atoms with Crippen molar-refractivity contribution in [1.29, 1.82) is 0 Å². The molecule has 0 aliphatic rings. The number of aliphatic hydroxyl groups is 1. The molecule has 0 aromatic heterocycles. The molecule has 0 unspecified atom stereocenters. The highest BCUT2D eigenvalue weighted by atomic mass is 79.9. The molecular formula is C14H20BrNO2S. The van der Waals surface area contributed by atoms with Crippen LogP contribution in [0.3, 0.4) is 0 Å². The fraction of sp³-hybridized carbons (Fsp3) is 0.500. The van der Waals surface area contributed by atoms with E-state index in [1.807, 2.05) is 39.0 Å². The molecule has 0 saturated heterocycles. The second-order valence-electron chi connectivity index (χ2n) is 5.10. The number of aliphatic hydroxyl groups excluding tert-OH is 1. The number of aryl methyl sites for hydroxylation is 1. The number of hydrogen-bond donors (Lipinski definition) is 2. The molecule has 0 bridgehead atoms. The van der Waals surface area contributed by atoms with Crippen molar-refractivity contribution in [2.45, 2.75) is 37.6 Å². The first-order chi connectivity index (χ1) is 8.84. The number of benzene rings is 1. The lowest BCUT2D eigenvalue weighted by Gasteiger charge is -2.25. The Hall–Kier alpha value is -0.520. The van der Waals surface area contributed by atoms with Gasteiger partial charge in [0.25, 0.3) is 0 Å². The molecule has 1 aromatic rings. The van der Waals surface area contributed by atoms with Crippen molar-refractivity contribution >= 4 is 33.6 Å². The summed E-state index contributed by atoms with van der Waals surface area (Å²) in [6.07, 6.45) is 0.556. The summed E-state index contributed by atoms with van der Waals surface area (Å²) >= 11 is 4.95. The monoisotopic (exact) mass is 345 g/mol. The largest absolute Gasteiger partial charge is 0.396 e. The molecule has 1 rings (SSSR count). The Bertz CT molecular complexity index is 449. The molecule has 0 spiro atoms. The number of amides is 1. The summed E-state index contributed by atoms with van der Waals surface area (Å²) in [7, 11) is 0. The molecule has 106 valence electrons. The van der Waals surface area contributed by atoms with Crippen LogP contribution in [-0.2, 0) is 4.79 Å². The summed E-state index contributed by atoms with van der Waals surface area (Å²) in [5.74, 6) is 0.378. The Morgan fingerprint density at radius 1 is 1.47 bits per heavy atom. The van der Waals surface area contributed by atoms with E-state index in [1.165, 1.54) is 11.8 Å². The molecular weight excluding hydrogens is 326 g/mol. The van der Waals surface area contributed by atoms with Gasteiger partial charge in [0, 0.05) is 21.5 Å². The summed E-state index contributed by atoms with van der Waals surface area (Å²) in [6, 6.07) is 6.02. The van der Waals surface area contributed by atoms with Gasteiger partial charge in [-0.3, -0.25) is 4.79 Å². The van der Waals surface area contributed by atoms with Crippen molar-refractivity contribution in [3.8, 4) is 0 Å². The van der Waals surface area contributed by atoms with E-state index in [-0.39, 0.29) is 18.1 Å². The molecule has 0 atom stereocenters. The van der Waals surface area contributed by atoms with Gasteiger partial charge >= 0.3 is 0 Å². The summed E-state index contributed by atoms with van der Waals surface area (Å²) in [5, 5.41) is 11.9. The summed E-state index contributed by atoms with van der Waals surface area (Å²) in [4.78, 5) is 13.0. The maximum Gasteiger partial charge on any atom is 0.230 e. The summed E-state index contributed by atoms with van der Waals surface area (Å²) in [5.41, 5.74) is 0.794. The Morgan fingerprint density at radius 3 is 2.74 bits per heavy atom. The van der Waals surface area contributed by atoms with Crippen LogP contribution in [0.15, 0.2) is 27.6 Å². The lowest BCUT2D eigenvalue weighted by Crippen LogP contribution is -2.44. The van der Waals surface area contributed by atoms with Crippen LogP contribution in [0.25, 0.3) is 0 Å². The van der Waals surface area contributed by atoms with Crippen LogP contribution in [0.2, 0.25) is 0 Å². The van der Waals surface area contributed by atoms with Crippen molar-refractivity contribution in [2.24, 2.45) is 0 Å². The average Bonchev–Trinajstić information content (AvgIpc) is 2.26. The van der Waals surface area contributed by atoms with Gasteiger partial charge < -0.3 is 10.4 Å². The van der Waals surface area contributed by atoms with Crippen LogP contribution in [-0.4, -0.2) is 28.9 Å². The van der Waals surface area contributed by atoms with Gasteiger partial charge in [0.1, 0.15) is 0 Å². The molecule has 0 aliphatic carbocycles. The third-order valence-electron chi connectivity index (χ3n) is 2.71. The minimum absolute atomic E-state index is 0.00855. The Labute approximate surface area is 127 Å². The molecule has 0 aliphatic heterocycles. The van der Waals surface area contributed by atoms with Gasteiger partial charge in [-0.25, -0.2) is 0 Å². The number of halogens is 1. The van der Waals surface area contributed by atoms with Gasteiger partial charge in [0.15, 0.2) is 0 Å². The van der Waals surface area contributed by atoms with E-state index in [4.69, 9.17) is 5.11 Å². The van der Waals surface area contributed by atoms with Crippen molar-refractivity contribution in [1.82, 2.24) is 5.32 Å². The Balaban J connectivity index is 2.50. The second kappa shape index (κ2) is 7.31. The SMILES string of the molecule is Cc1cc(Br)ccc1SCC(=O)NC(C)(C)CCO. The molecule has 0 fully saturated rings. The molecule has 0 radical (unpaired) electrons. The van der Waals surface area contributed by atoms with Gasteiger partial charge in [-0.05, 0) is 51.0 Å². The third-order valence-corrected chi connectivity index (χ3v) is 4.38. The quantitative estimate of drug-likeness (QED) is 0.778. The number of hydrogen-bond acceptors (Lipinski definition) is 3. The molecule has 3 nitrogen and oxygen atoms in total. The van der Waals surface area contributed by atoms with Crippen LogP contribution in [0.5, 0.6) is 0 Å². The van der Waals surface area contributed by atoms with Gasteiger partial charge in [-0.2, -0.15) is 0 Å². The number of rotatable bonds is 6. The average molecular weight is 346 g/mol. The first-order valence-corrected chi connectivity index (χ1v) is 7.93. The predicted octanol–water partition coefficient (Wildman–Crippen LogP) is 3.13. The highest BCUT2D eigenvalue weighted by molar-refractivity contribution is 9.10. The topological polar surface area (TPSA) is 49.3 Å². The standard InChI is InChI=1S/C14H20BrNO2S/c1-10-8-11(15)4-5-12(10)19-9-13(18)16-14(2,3)6-7-17/h4-5,8,17H,6-7,9H2,1-3H3,(H,16,18). The zero-order valence-corrected chi connectivity index (χ0v) is 13.9. The predicted molar refractivity (Wildman–Crippen MR) is 83.5 cm³/mol. The van der Waals surface area contributed by atoms with Crippen molar-refractivity contribution < 1.29 is 9.90 Å². The molecule has 1 amide bonds. The molecule has 19 heavy (non-hydrogen) atoms. The van der Waals surface area contributed by atoms with E-state index >= 15 is 0 Å². The Morgan fingerprint density at radius 2 is 2.16 bits per heavy atom. The molecule has 1 aromatic carbocycles. The van der Waals surface area contributed by atoms with Gasteiger partial charge in [-0.1, -0.05) is 15.9 Å². The van der Waals surface area contributed by atoms with Gasteiger partial charge in [-0.15, -0.1) is 11.8 Å². The summed E-state index contributed by atoms with van der Waals surface area (Å²) in [6.45, 7) is 5.93. The van der Waals surface area contributed by atoms with E-state index in [0.717, 1.165) is 14.9 Å². The molecule has 0 saturated carbocycles. The van der Waals surface area contributed by atoms with E-state index in [2.05, 4.69) is 21.2 Å². The minimum Gasteiger partial charge on any atom is -0.396 e. The number of nitrogens with one attached hydrogen (secondary N) is 1. The van der Waals surface area contributed by atoms with E-state index in [0.29, 0.717) is 12.2 Å². The normalized spacial score (nSPS) is 11.4. The maximum atomic E-state index is 11.9. The fourth-order valence-electron chi connectivity index (χ4n) is 1.67. The highest BCUT2D eigenvalue weighted by Crippen LogP contribution is 2.25. The Kier molecular flexibility index (Phi) is 6.36. The molecule has 5 heteroatoms. The third kappa shape index (κ3) is 5.97. The van der Waals surface area contributed by atoms with Gasteiger partial charge in [0.05, 0.1) is 5.75 Å². The molecule has 0 heterocycles. The zero-order valence-electron chi connectivity index (χ0n) is 11.5. The number of carbonyl (C=O) groups excluding carboxylic acids is 1. The maximum absolute atomic E-state index is 11.9. The van der Waals surface area contributed by atoms with Crippen molar-refractivity contribution in [2.75, 3.05) is 12.4 Å². The minimum atomic E-state index is -0.360. The zero-order chi connectivity index (χ0) is 14.5. The first kappa shape index (κ1) is 16.5. The van der Waals surface area contributed by atoms with Crippen molar-refractivity contribution in [3.63, 3.8) is 0 Å². The highest BCUT2D eigenvalue weighted by Gasteiger charge is 2.19. The van der Waals surface area contributed by atoms with Crippen LogP contribution in [0.4, 0.5) is 0 Å². The van der Waals surface area contributed by atoms with Crippen LogP contribution < -0.4 is 5.32 Å². The second-order valence-corrected chi connectivity index (χ2v) is 7.04. The smallest absolute Gasteiger partial charge is 0.230 e.